The first kappa shape index (κ1) is 12.5. The molecular formula is C13H13N5OS. The number of fused-ring (bicyclic) bond motifs is 1. The van der Waals surface area contributed by atoms with Gasteiger partial charge in [0.2, 0.25) is 0 Å². The van der Waals surface area contributed by atoms with Gasteiger partial charge >= 0.3 is 0 Å². The number of nitrogens with zero attached hydrogens (tertiary/aromatic N) is 1. The number of methoxy groups -OCH3 is 1. The van der Waals surface area contributed by atoms with Crippen LogP contribution in [0.15, 0.2) is 29.8 Å². The minimum absolute atomic E-state index is 0.119. The number of aromatic amines is 1. The molecule has 0 atom stereocenters. The second kappa shape index (κ2) is 4.86. The number of benzene rings is 1. The van der Waals surface area contributed by atoms with E-state index in [0.717, 1.165) is 27.9 Å². The highest BCUT2D eigenvalue weighted by Gasteiger charge is 2.11. The fraction of sp³-hybridized carbons (Fsp3) is 0.0769. The molecule has 0 unspecified atom stereocenters. The fourth-order valence-corrected chi connectivity index (χ4v) is 2.73. The second-order valence-electron chi connectivity index (χ2n) is 4.19. The number of anilines is 1. The first-order valence-electron chi connectivity index (χ1n) is 5.89. The predicted octanol–water partition coefficient (Wildman–Crippen LogP) is 2.61. The molecule has 0 spiro atoms. The summed E-state index contributed by atoms with van der Waals surface area (Å²) in [6, 6.07) is 5.85. The molecule has 0 radical (unpaired) electrons. The standard InChI is InChI=1S/C13H13N5OS/c1-19-7-2-3-10-8(4-7)9(5-16-10)11-6-20-13(17-11)18-12(14)15/h2-6,16H,1H3,(H4,14,15,17,18). The summed E-state index contributed by atoms with van der Waals surface area (Å²) in [7, 11) is 1.64. The number of rotatable bonds is 3. The summed E-state index contributed by atoms with van der Waals surface area (Å²) in [5.74, 6) is 0.683. The average molecular weight is 287 g/mol. The maximum absolute atomic E-state index is 7.21. The van der Waals surface area contributed by atoms with Crippen molar-refractivity contribution < 1.29 is 4.74 Å². The molecule has 102 valence electrons. The maximum atomic E-state index is 7.21. The molecule has 0 amide bonds. The van der Waals surface area contributed by atoms with Gasteiger partial charge in [0.05, 0.1) is 12.8 Å². The van der Waals surface area contributed by atoms with Crippen molar-refractivity contribution in [3.8, 4) is 17.0 Å². The van der Waals surface area contributed by atoms with E-state index in [1.807, 2.05) is 29.8 Å². The van der Waals surface area contributed by atoms with Gasteiger partial charge in [0.15, 0.2) is 11.1 Å². The minimum Gasteiger partial charge on any atom is -0.497 e. The van der Waals surface area contributed by atoms with E-state index in [-0.39, 0.29) is 5.96 Å². The smallest absolute Gasteiger partial charge is 0.192 e. The van der Waals surface area contributed by atoms with Crippen LogP contribution in [0, 0.1) is 5.41 Å². The molecule has 0 saturated heterocycles. The first-order valence-corrected chi connectivity index (χ1v) is 6.77. The van der Waals surface area contributed by atoms with Crippen molar-refractivity contribution in [1.29, 1.82) is 5.41 Å². The molecule has 0 aliphatic rings. The highest BCUT2D eigenvalue weighted by molar-refractivity contribution is 7.14. The Bertz CT molecular complexity index is 776. The van der Waals surface area contributed by atoms with Crippen LogP contribution in [0.5, 0.6) is 5.75 Å². The molecule has 20 heavy (non-hydrogen) atoms. The zero-order chi connectivity index (χ0) is 14.1. The molecule has 0 aliphatic carbocycles. The number of aromatic nitrogens is 2. The third-order valence-corrected chi connectivity index (χ3v) is 3.67. The third kappa shape index (κ3) is 2.19. The van der Waals surface area contributed by atoms with Crippen molar-refractivity contribution in [2.24, 2.45) is 5.73 Å². The van der Waals surface area contributed by atoms with Gasteiger partial charge in [-0.2, -0.15) is 0 Å². The van der Waals surface area contributed by atoms with E-state index in [2.05, 4.69) is 15.3 Å². The van der Waals surface area contributed by atoms with Crippen molar-refractivity contribution in [3.63, 3.8) is 0 Å². The van der Waals surface area contributed by atoms with Crippen LogP contribution in [-0.4, -0.2) is 23.0 Å². The number of nitrogens with two attached hydrogens (primary N) is 1. The van der Waals surface area contributed by atoms with E-state index in [1.54, 1.807) is 7.11 Å². The Balaban J connectivity index is 2.05. The van der Waals surface area contributed by atoms with Crippen LogP contribution in [-0.2, 0) is 0 Å². The number of hydrogen-bond donors (Lipinski definition) is 4. The number of ether oxygens (including phenoxy) is 1. The van der Waals surface area contributed by atoms with Gasteiger partial charge in [0, 0.05) is 28.0 Å². The molecule has 5 N–H and O–H groups in total. The molecule has 0 bridgehead atoms. The third-order valence-electron chi connectivity index (χ3n) is 2.91. The van der Waals surface area contributed by atoms with E-state index in [0.29, 0.717) is 5.13 Å². The van der Waals surface area contributed by atoms with Crippen molar-refractivity contribution in [2.75, 3.05) is 12.4 Å². The van der Waals surface area contributed by atoms with Crippen molar-refractivity contribution in [2.45, 2.75) is 0 Å². The van der Waals surface area contributed by atoms with Crippen LogP contribution in [0.1, 0.15) is 0 Å². The molecule has 1 aromatic carbocycles. The molecule has 6 nitrogen and oxygen atoms in total. The maximum Gasteiger partial charge on any atom is 0.192 e. The fourth-order valence-electron chi connectivity index (χ4n) is 2.01. The van der Waals surface area contributed by atoms with Gasteiger partial charge in [-0.05, 0) is 18.2 Å². The summed E-state index contributed by atoms with van der Waals surface area (Å²) in [5.41, 5.74) is 8.14. The lowest BCUT2D eigenvalue weighted by molar-refractivity contribution is 0.415. The van der Waals surface area contributed by atoms with Gasteiger partial charge in [-0.25, -0.2) is 4.98 Å². The normalized spacial score (nSPS) is 10.7. The summed E-state index contributed by atoms with van der Waals surface area (Å²) in [6.45, 7) is 0. The van der Waals surface area contributed by atoms with Crippen molar-refractivity contribution >= 4 is 33.3 Å². The van der Waals surface area contributed by atoms with Gasteiger partial charge in [0.25, 0.3) is 0 Å². The number of thiazole rings is 1. The molecule has 0 aliphatic heterocycles. The molecule has 0 saturated carbocycles. The number of hydrogen-bond acceptors (Lipinski definition) is 4. The van der Waals surface area contributed by atoms with Crippen molar-refractivity contribution in [3.05, 3.63) is 29.8 Å². The van der Waals surface area contributed by atoms with E-state index in [9.17, 15) is 0 Å². The summed E-state index contributed by atoms with van der Waals surface area (Å²) < 4.78 is 5.25. The van der Waals surface area contributed by atoms with Crippen LogP contribution in [0.25, 0.3) is 22.2 Å². The van der Waals surface area contributed by atoms with E-state index in [4.69, 9.17) is 15.9 Å². The lowest BCUT2D eigenvalue weighted by Crippen LogP contribution is -2.20. The van der Waals surface area contributed by atoms with Gasteiger partial charge < -0.3 is 20.8 Å². The highest BCUT2D eigenvalue weighted by Crippen LogP contribution is 2.32. The first-order chi connectivity index (χ1) is 9.67. The molecular weight excluding hydrogens is 274 g/mol. The SMILES string of the molecule is COc1ccc2[nH]cc(-c3csc(NC(=N)N)n3)c2c1. The van der Waals surface area contributed by atoms with E-state index < -0.39 is 0 Å². The largest absolute Gasteiger partial charge is 0.497 e. The quantitative estimate of drug-likeness (QED) is 0.439. The highest BCUT2D eigenvalue weighted by atomic mass is 32.1. The Labute approximate surface area is 119 Å². The molecule has 3 rings (SSSR count). The lowest BCUT2D eigenvalue weighted by Gasteiger charge is -2.00. The average Bonchev–Trinajstić information content (AvgIpc) is 3.03. The molecule has 2 aromatic heterocycles. The minimum atomic E-state index is -0.119. The Hall–Kier alpha value is -2.54. The zero-order valence-electron chi connectivity index (χ0n) is 10.7. The van der Waals surface area contributed by atoms with E-state index in [1.165, 1.54) is 11.3 Å². The van der Waals surface area contributed by atoms with Crippen molar-refractivity contribution in [1.82, 2.24) is 9.97 Å². The van der Waals surface area contributed by atoms with Crippen LogP contribution < -0.4 is 15.8 Å². The second-order valence-corrected chi connectivity index (χ2v) is 5.05. The van der Waals surface area contributed by atoms with Crippen LogP contribution in [0.2, 0.25) is 0 Å². The summed E-state index contributed by atoms with van der Waals surface area (Å²) in [4.78, 5) is 7.63. The molecule has 3 aromatic rings. The Morgan fingerprint density at radius 3 is 3.10 bits per heavy atom. The summed E-state index contributed by atoms with van der Waals surface area (Å²) >= 11 is 1.41. The Morgan fingerprint density at radius 1 is 1.50 bits per heavy atom. The van der Waals surface area contributed by atoms with Gasteiger partial charge in [-0.15, -0.1) is 11.3 Å². The van der Waals surface area contributed by atoms with Crippen LogP contribution in [0.3, 0.4) is 0 Å². The van der Waals surface area contributed by atoms with Gasteiger partial charge in [0.1, 0.15) is 5.75 Å². The zero-order valence-corrected chi connectivity index (χ0v) is 11.5. The molecule has 7 heteroatoms. The summed E-state index contributed by atoms with van der Waals surface area (Å²) in [6.07, 6.45) is 1.91. The van der Waals surface area contributed by atoms with Gasteiger partial charge in [-0.1, -0.05) is 0 Å². The topological polar surface area (TPSA) is 99.8 Å². The molecule has 2 heterocycles. The van der Waals surface area contributed by atoms with Gasteiger partial charge in [-0.3, -0.25) is 5.41 Å². The Morgan fingerprint density at radius 2 is 2.35 bits per heavy atom. The molecule has 0 fully saturated rings. The number of H-pyrrole nitrogens is 1. The number of nitrogens with one attached hydrogen (secondary N) is 3. The lowest BCUT2D eigenvalue weighted by atomic mass is 10.1. The van der Waals surface area contributed by atoms with E-state index >= 15 is 0 Å². The number of guanidine groups is 1. The summed E-state index contributed by atoms with van der Waals surface area (Å²) in [5, 5.41) is 13.5. The monoisotopic (exact) mass is 287 g/mol. The van der Waals surface area contributed by atoms with Crippen LogP contribution >= 0.6 is 11.3 Å². The predicted molar refractivity (Wildman–Crippen MR) is 81.5 cm³/mol. The van der Waals surface area contributed by atoms with Crippen LogP contribution in [0.4, 0.5) is 5.13 Å². The Kier molecular flexibility index (Phi) is 3.03.